The standard InChI is InChI=1S/C42H36ClFN4O6/c43-26-5-3-25(4-6-26)42-35(39(51)48(41(42)53)45-28-9-7-27(44)8-10-28)23-34-32(37(42)24-1-15-31(49)16-2-24)17-18-33-36(34)40(52)47(38(33)50)30-13-11-29(12-14-30)46-19-21-54-22-20-46/h1-17,33-37,45,49H,18-23H2/t33-,34+,35-,36-,37-,42+/m0/s1. The molecule has 3 aliphatic heterocycles. The number of carbonyl (C=O) groups excluding carboxylic acids is 4. The van der Waals surface area contributed by atoms with Crippen molar-refractivity contribution in [3.8, 4) is 5.75 Å². The summed E-state index contributed by atoms with van der Waals surface area (Å²) in [6, 6.07) is 26.2. The summed E-state index contributed by atoms with van der Waals surface area (Å²) in [5.41, 5.74) is 5.29. The largest absolute Gasteiger partial charge is 0.508 e. The number of nitrogens with one attached hydrogen (secondary N) is 1. The van der Waals surface area contributed by atoms with Crippen LogP contribution in [0.4, 0.5) is 21.5 Å². The molecule has 9 rings (SSSR count). The Balaban J connectivity index is 1.15. The number of morpholine rings is 1. The number of nitrogens with zero attached hydrogens (tertiary/aromatic N) is 3. The Morgan fingerprint density at radius 2 is 1.44 bits per heavy atom. The van der Waals surface area contributed by atoms with Crippen LogP contribution in [-0.2, 0) is 29.3 Å². The predicted molar refractivity (Wildman–Crippen MR) is 199 cm³/mol. The van der Waals surface area contributed by atoms with E-state index in [1.54, 1.807) is 48.5 Å². The second-order valence-corrected chi connectivity index (χ2v) is 15.0. The first-order valence-electron chi connectivity index (χ1n) is 18.1. The van der Waals surface area contributed by atoms with Gasteiger partial charge in [-0.15, -0.1) is 0 Å². The molecule has 274 valence electrons. The van der Waals surface area contributed by atoms with Crippen LogP contribution >= 0.6 is 11.6 Å². The fourth-order valence-corrected chi connectivity index (χ4v) is 9.71. The lowest BCUT2D eigenvalue weighted by Crippen LogP contribution is -2.53. The van der Waals surface area contributed by atoms with Gasteiger partial charge in [-0.2, -0.15) is 5.01 Å². The summed E-state index contributed by atoms with van der Waals surface area (Å²) >= 11 is 6.36. The molecule has 6 atom stereocenters. The first kappa shape index (κ1) is 34.3. The number of rotatable bonds is 6. The van der Waals surface area contributed by atoms with Gasteiger partial charge in [0.25, 0.3) is 11.8 Å². The number of aromatic hydroxyl groups is 1. The van der Waals surface area contributed by atoms with Crippen molar-refractivity contribution in [1.82, 2.24) is 5.01 Å². The summed E-state index contributed by atoms with van der Waals surface area (Å²) in [6.07, 6.45) is 2.39. The van der Waals surface area contributed by atoms with Crippen LogP contribution in [-0.4, -0.2) is 60.0 Å². The molecular formula is C42H36ClFN4O6. The number of allylic oxidation sites excluding steroid dienone is 2. The number of phenols is 1. The Morgan fingerprint density at radius 1 is 0.778 bits per heavy atom. The third kappa shape index (κ3) is 5.24. The van der Waals surface area contributed by atoms with E-state index >= 15 is 4.79 Å². The Labute approximate surface area is 315 Å². The van der Waals surface area contributed by atoms with Crippen LogP contribution in [0, 0.1) is 29.5 Å². The van der Waals surface area contributed by atoms with E-state index in [0.29, 0.717) is 40.7 Å². The highest BCUT2D eigenvalue weighted by Crippen LogP contribution is 2.64. The smallest absolute Gasteiger partial charge is 0.260 e. The lowest BCUT2D eigenvalue weighted by atomic mass is 9.49. The summed E-state index contributed by atoms with van der Waals surface area (Å²) in [6.45, 7) is 2.76. The van der Waals surface area contributed by atoms with Gasteiger partial charge in [0, 0.05) is 29.7 Å². The van der Waals surface area contributed by atoms with Gasteiger partial charge in [0.2, 0.25) is 11.8 Å². The number of amides is 4. The molecule has 0 bridgehead atoms. The third-order valence-electron chi connectivity index (χ3n) is 12.0. The number of benzene rings is 4. The molecule has 10 nitrogen and oxygen atoms in total. The molecule has 4 fully saturated rings. The van der Waals surface area contributed by atoms with E-state index in [2.05, 4.69) is 10.3 Å². The maximum absolute atomic E-state index is 15.2. The molecule has 4 amide bonds. The third-order valence-corrected chi connectivity index (χ3v) is 12.2. The summed E-state index contributed by atoms with van der Waals surface area (Å²) in [5, 5.41) is 11.8. The van der Waals surface area contributed by atoms with Gasteiger partial charge in [0.05, 0.1) is 47.8 Å². The molecule has 0 aromatic heterocycles. The number of fused-ring (bicyclic) bond motifs is 4. The number of hydrogen-bond donors (Lipinski definition) is 2. The predicted octanol–water partition coefficient (Wildman–Crippen LogP) is 6.21. The van der Waals surface area contributed by atoms with E-state index in [1.807, 2.05) is 18.2 Å². The highest BCUT2D eigenvalue weighted by atomic mass is 35.5. The van der Waals surface area contributed by atoms with Crippen LogP contribution in [0.15, 0.2) is 109 Å². The molecule has 54 heavy (non-hydrogen) atoms. The number of carbonyl (C=O) groups is 4. The Bertz CT molecular complexity index is 2190. The van der Waals surface area contributed by atoms with Gasteiger partial charge in [0.15, 0.2) is 0 Å². The van der Waals surface area contributed by atoms with Crippen molar-refractivity contribution in [2.45, 2.75) is 24.2 Å². The van der Waals surface area contributed by atoms with Crippen LogP contribution in [0.1, 0.15) is 29.9 Å². The molecule has 4 aromatic rings. The minimum Gasteiger partial charge on any atom is -0.508 e. The molecule has 4 aromatic carbocycles. The van der Waals surface area contributed by atoms with E-state index < -0.39 is 52.6 Å². The summed E-state index contributed by atoms with van der Waals surface area (Å²) in [5.74, 6) is -5.77. The molecule has 1 saturated carbocycles. The number of phenolic OH excluding ortho intramolecular Hbond substituents is 1. The molecule has 0 spiro atoms. The SMILES string of the molecule is O=C1[C@@H]2C[C@@H]3C(=CC[C@@H]4C(=O)N(c5ccc(N6CCOCC6)cc5)C(=O)[C@@H]43)[C@H](c3ccc(O)cc3)[C@]2(c2ccc(Cl)cc2)C(=O)N1Nc1ccc(F)cc1. The number of hydrazine groups is 1. The van der Waals surface area contributed by atoms with Gasteiger partial charge in [-0.25, -0.2) is 4.39 Å². The summed E-state index contributed by atoms with van der Waals surface area (Å²) in [7, 11) is 0. The molecule has 0 radical (unpaired) electrons. The highest BCUT2D eigenvalue weighted by molar-refractivity contribution is 6.30. The molecule has 0 unspecified atom stereocenters. The fourth-order valence-electron chi connectivity index (χ4n) is 9.59. The van der Waals surface area contributed by atoms with Crippen LogP contribution in [0.3, 0.4) is 0 Å². The van der Waals surface area contributed by atoms with Crippen molar-refractivity contribution in [2.75, 3.05) is 41.5 Å². The van der Waals surface area contributed by atoms with E-state index in [4.69, 9.17) is 16.3 Å². The topological polar surface area (TPSA) is 119 Å². The van der Waals surface area contributed by atoms with Gasteiger partial charge >= 0.3 is 0 Å². The van der Waals surface area contributed by atoms with Gasteiger partial charge < -0.3 is 14.7 Å². The summed E-state index contributed by atoms with van der Waals surface area (Å²) < 4.78 is 19.4. The number of hydrogen-bond acceptors (Lipinski definition) is 8. The Kier molecular flexibility index (Phi) is 8.31. The van der Waals surface area contributed by atoms with Crippen molar-refractivity contribution in [2.24, 2.45) is 23.7 Å². The minimum absolute atomic E-state index is 0.0289. The van der Waals surface area contributed by atoms with Crippen LogP contribution in [0.2, 0.25) is 5.02 Å². The lowest BCUT2D eigenvalue weighted by molar-refractivity contribution is -0.138. The molecule has 2 N–H and O–H groups in total. The Morgan fingerprint density at radius 3 is 2.13 bits per heavy atom. The van der Waals surface area contributed by atoms with Gasteiger partial charge in [-0.05, 0) is 103 Å². The maximum Gasteiger partial charge on any atom is 0.260 e. The minimum atomic E-state index is -1.50. The quantitative estimate of drug-likeness (QED) is 0.177. The first-order chi connectivity index (χ1) is 26.2. The van der Waals surface area contributed by atoms with Crippen molar-refractivity contribution < 1.29 is 33.4 Å². The average molecular weight is 747 g/mol. The zero-order valence-electron chi connectivity index (χ0n) is 29.0. The number of imide groups is 2. The highest BCUT2D eigenvalue weighted by Gasteiger charge is 2.70. The van der Waals surface area contributed by atoms with Crippen molar-refractivity contribution >= 4 is 52.3 Å². The number of halogens is 2. The van der Waals surface area contributed by atoms with Gasteiger partial charge in [0.1, 0.15) is 11.6 Å². The van der Waals surface area contributed by atoms with Crippen molar-refractivity contribution in [1.29, 1.82) is 0 Å². The van der Waals surface area contributed by atoms with E-state index in [-0.39, 0.29) is 30.4 Å². The van der Waals surface area contributed by atoms with Crippen LogP contribution in [0.5, 0.6) is 5.75 Å². The monoisotopic (exact) mass is 746 g/mol. The van der Waals surface area contributed by atoms with E-state index in [0.717, 1.165) is 29.4 Å². The second-order valence-electron chi connectivity index (χ2n) is 14.6. The van der Waals surface area contributed by atoms with Crippen molar-refractivity contribution in [3.63, 3.8) is 0 Å². The molecular weight excluding hydrogens is 711 g/mol. The number of anilines is 3. The van der Waals surface area contributed by atoms with Crippen LogP contribution < -0.4 is 15.2 Å². The summed E-state index contributed by atoms with van der Waals surface area (Å²) in [4.78, 5) is 62.3. The van der Waals surface area contributed by atoms with Gasteiger partial charge in [-0.1, -0.05) is 47.5 Å². The zero-order valence-corrected chi connectivity index (χ0v) is 29.8. The number of ether oxygens (including phenoxy) is 1. The average Bonchev–Trinajstić information content (AvgIpc) is 3.57. The first-order valence-corrected chi connectivity index (χ1v) is 18.5. The maximum atomic E-state index is 15.2. The Hall–Kier alpha value is -5.52. The molecule has 5 aliphatic rings. The molecule has 3 saturated heterocycles. The van der Waals surface area contributed by atoms with E-state index in [1.165, 1.54) is 41.3 Å². The molecule has 12 heteroatoms. The second kappa shape index (κ2) is 13.1. The van der Waals surface area contributed by atoms with Gasteiger partial charge in [-0.3, -0.25) is 29.5 Å². The normalized spacial score (nSPS) is 27.8. The van der Waals surface area contributed by atoms with Crippen LogP contribution in [0.25, 0.3) is 0 Å². The lowest BCUT2D eigenvalue weighted by Gasteiger charge is -2.50. The van der Waals surface area contributed by atoms with Crippen molar-refractivity contribution in [3.05, 3.63) is 131 Å². The molecule has 3 heterocycles. The molecule has 2 aliphatic carbocycles. The fraction of sp³-hybridized carbons (Fsp3) is 0.286. The van der Waals surface area contributed by atoms with E-state index in [9.17, 15) is 23.9 Å². The zero-order chi connectivity index (χ0) is 37.3.